The quantitative estimate of drug-likeness (QED) is 0.638. The van der Waals surface area contributed by atoms with Gasteiger partial charge in [0.25, 0.3) is 5.56 Å². The Labute approximate surface area is 161 Å². The molecule has 27 heavy (non-hydrogen) atoms. The van der Waals surface area contributed by atoms with E-state index in [0.29, 0.717) is 27.2 Å². The minimum Gasteiger partial charge on any atom is -0.457 e. The van der Waals surface area contributed by atoms with Crippen molar-refractivity contribution < 1.29 is 9.53 Å². The molecule has 1 aromatic carbocycles. The maximum absolute atomic E-state index is 13.0. The van der Waals surface area contributed by atoms with E-state index < -0.39 is 5.97 Å². The van der Waals surface area contributed by atoms with Gasteiger partial charge in [-0.3, -0.25) is 9.36 Å². The summed E-state index contributed by atoms with van der Waals surface area (Å²) in [7, 11) is 0. The highest BCUT2D eigenvalue weighted by Gasteiger charge is 2.23. The number of nitrogens with zero attached hydrogens (tertiary/aromatic N) is 2. The summed E-state index contributed by atoms with van der Waals surface area (Å²) in [5.41, 5.74) is 2.73. The van der Waals surface area contributed by atoms with Crippen LogP contribution in [0.3, 0.4) is 0 Å². The van der Waals surface area contributed by atoms with E-state index in [0.717, 1.165) is 42.6 Å². The Morgan fingerprint density at radius 2 is 2.11 bits per heavy atom. The van der Waals surface area contributed by atoms with E-state index >= 15 is 0 Å². The fourth-order valence-electron chi connectivity index (χ4n) is 3.62. The van der Waals surface area contributed by atoms with Crippen molar-refractivity contribution >= 4 is 27.5 Å². The first-order chi connectivity index (χ1) is 13.0. The molecule has 0 spiro atoms. The number of thiophene rings is 1. The van der Waals surface area contributed by atoms with E-state index in [1.54, 1.807) is 4.57 Å². The molecule has 4 rings (SSSR count). The summed E-state index contributed by atoms with van der Waals surface area (Å²) in [5, 5.41) is 0.563. The summed E-state index contributed by atoms with van der Waals surface area (Å²) >= 11 is 1.27. The van der Waals surface area contributed by atoms with Crippen LogP contribution in [0.5, 0.6) is 0 Å². The Morgan fingerprint density at radius 3 is 2.93 bits per heavy atom. The van der Waals surface area contributed by atoms with Gasteiger partial charge in [-0.15, -0.1) is 11.3 Å². The molecule has 0 radical (unpaired) electrons. The number of aromatic nitrogens is 2. The molecular weight excluding hydrogens is 360 g/mol. The maximum Gasteiger partial charge on any atom is 0.349 e. The summed E-state index contributed by atoms with van der Waals surface area (Å²) in [6.07, 6.45) is 3.98. The molecule has 0 N–H and O–H groups in total. The molecule has 1 aliphatic heterocycles. The molecule has 2 aromatic heterocycles. The van der Waals surface area contributed by atoms with Crippen molar-refractivity contribution in [3.05, 3.63) is 62.0 Å². The zero-order chi connectivity index (χ0) is 19.0. The number of rotatable bonds is 3. The molecule has 0 saturated carbocycles. The molecule has 0 atom stereocenters. The van der Waals surface area contributed by atoms with Crippen molar-refractivity contribution in [2.45, 2.75) is 52.7 Å². The second-order valence-corrected chi connectivity index (χ2v) is 8.10. The molecule has 140 valence electrons. The van der Waals surface area contributed by atoms with Gasteiger partial charge in [-0.05, 0) is 37.8 Å². The molecule has 0 saturated heterocycles. The summed E-state index contributed by atoms with van der Waals surface area (Å²) in [4.78, 5) is 31.4. The van der Waals surface area contributed by atoms with Crippen LogP contribution in [0.2, 0.25) is 0 Å². The van der Waals surface area contributed by atoms with E-state index in [4.69, 9.17) is 9.72 Å². The van der Waals surface area contributed by atoms with Gasteiger partial charge in [0, 0.05) is 13.0 Å². The molecule has 3 heterocycles. The lowest BCUT2D eigenvalue weighted by molar-refractivity contribution is 0.0478. The van der Waals surface area contributed by atoms with Crippen molar-refractivity contribution in [2.24, 2.45) is 0 Å². The highest BCUT2D eigenvalue weighted by molar-refractivity contribution is 7.20. The SMILES string of the molecule is Cc1cccc(COC(=O)c2sc3nc4n(c(=O)c3c2C)CCCCC4)c1. The van der Waals surface area contributed by atoms with E-state index in [1.165, 1.54) is 11.3 Å². The first-order valence-corrected chi connectivity index (χ1v) is 10.1. The number of hydrogen-bond acceptors (Lipinski definition) is 5. The smallest absolute Gasteiger partial charge is 0.349 e. The molecule has 5 nitrogen and oxygen atoms in total. The van der Waals surface area contributed by atoms with Gasteiger partial charge in [-0.1, -0.05) is 36.2 Å². The normalized spacial score (nSPS) is 14.0. The third-order valence-electron chi connectivity index (χ3n) is 5.05. The predicted molar refractivity (Wildman–Crippen MR) is 106 cm³/mol. The van der Waals surface area contributed by atoms with Crippen LogP contribution >= 0.6 is 11.3 Å². The van der Waals surface area contributed by atoms with Gasteiger partial charge in [0.15, 0.2) is 0 Å². The number of fused-ring (bicyclic) bond motifs is 2. The van der Waals surface area contributed by atoms with E-state index in [-0.39, 0.29) is 12.2 Å². The highest BCUT2D eigenvalue weighted by atomic mass is 32.1. The molecule has 0 fully saturated rings. The lowest BCUT2D eigenvalue weighted by Crippen LogP contribution is -2.24. The van der Waals surface area contributed by atoms with Gasteiger partial charge in [-0.2, -0.15) is 0 Å². The molecule has 0 unspecified atom stereocenters. The van der Waals surface area contributed by atoms with Crippen molar-refractivity contribution in [3.8, 4) is 0 Å². The zero-order valence-electron chi connectivity index (χ0n) is 15.6. The Morgan fingerprint density at radius 1 is 1.26 bits per heavy atom. The molecule has 0 aliphatic carbocycles. The van der Waals surface area contributed by atoms with Crippen LogP contribution in [0.4, 0.5) is 0 Å². The van der Waals surface area contributed by atoms with Crippen LogP contribution in [-0.4, -0.2) is 15.5 Å². The first kappa shape index (κ1) is 17.9. The summed E-state index contributed by atoms with van der Waals surface area (Å²) in [6, 6.07) is 7.88. The number of carbonyl (C=O) groups is 1. The molecule has 0 amide bonds. The number of esters is 1. The Kier molecular flexibility index (Phi) is 4.83. The predicted octanol–water partition coefficient (Wildman–Crippen LogP) is 4.16. The van der Waals surface area contributed by atoms with Crippen molar-refractivity contribution in [2.75, 3.05) is 0 Å². The number of carbonyl (C=O) groups excluding carboxylic acids is 1. The average molecular weight is 382 g/mol. The molecule has 6 heteroatoms. The fourth-order valence-corrected chi connectivity index (χ4v) is 4.71. The zero-order valence-corrected chi connectivity index (χ0v) is 16.4. The average Bonchev–Trinajstić information content (AvgIpc) is 2.82. The van der Waals surface area contributed by atoms with Gasteiger partial charge in [-0.25, -0.2) is 9.78 Å². The van der Waals surface area contributed by atoms with Crippen LogP contribution in [0.15, 0.2) is 29.1 Å². The van der Waals surface area contributed by atoms with Crippen LogP contribution in [-0.2, 0) is 24.3 Å². The van der Waals surface area contributed by atoms with E-state index in [9.17, 15) is 9.59 Å². The Balaban J connectivity index is 1.66. The largest absolute Gasteiger partial charge is 0.457 e. The lowest BCUT2D eigenvalue weighted by atomic mass is 10.1. The van der Waals surface area contributed by atoms with Crippen molar-refractivity contribution in [1.82, 2.24) is 9.55 Å². The van der Waals surface area contributed by atoms with Gasteiger partial charge < -0.3 is 4.74 Å². The maximum atomic E-state index is 13.0. The Bertz CT molecular complexity index is 1080. The lowest BCUT2D eigenvalue weighted by Gasteiger charge is -2.08. The summed E-state index contributed by atoms with van der Waals surface area (Å²) in [5.74, 6) is 0.447. The molecular formula is C21H22N2O3S. The summed E-state index contributed by atoms with van der Waals surface area (Å²) in [6.45, 7) is 4.75. The topological polar surface area (TPSA) is 61.2 Å². The second kappa shape index (κ2) is 7.27. The van der Waals surface area contributed by atoms with Crippen LogP contribution < -0.4 is 5.56 Å². The second-order valence-electron chi connectivity index (χ2n) is 7.10. The van der Waals surface area contributed by atoms with Crippen LogP contribution in [0, 0.1) is 13.8 Å². The summed E-state index contributed by atoms with van der Waals surface area (Å²) < 4.78 is 7.29. The van der Waals surface area contributed by atoms with Crippen molar-refractivity contribution in [3.63, 3.8) is 0 Å². The Hall–Kier alpha value is -2.47. The van der Waals surface area contributed by atoms with Crippen molar-refractivity contribution in [1.29, 1.82) is 0 Å². The monoisotopic (exact) mass is 382 g/mol. The number of aryl methyl sites for hydroxylation is 3. The minimum atomic E-state index is -0.392. The van der Waals surface area contributed by atoms with E-state index in [1.807, 2.05) is 38.1 Å². The fraction of sp³-hybridized carbons (Fsp3) is 0.381. The van der Waals surface area contributed by atoms with Gasteiger partial charge >= 0.3 is 5.97 Å². The van der Waals surface area contributed by atoms with Gasteiger partial charge in [0.05, 0.1) is 5.39 Å². The van der Waals surface area contributed by atoms with Gasteiger partial charge in [0.2, 0.25) is 0 Å². The number of benzene rings is 1. The number of ether oxygens (including phenoxy) is 1. The third-order valence-corrected chi connectivity index (χ3v) is 6.22. The van der Waals surface area contributed by atoms with Crippen LogP contribution in [0.1, 0.15) is 51.4 Å². The first-order valence-electron chi connectivity index (χ1n) is 9.30. The molecule has 3 aromatic rings. The van der Waals surface area contributed by atoms with E-state index in [2.05, 4.69) is 0 Å². The van der Waals surface area contributed by atoms with Crippen LogP contribution in [0.25, 0.3) is 10.2 Å². The third kappa shape index (κ3) is 3.41. The molecule has 0 bridgehead atoms. The molecule has 1 aliphatic rings. The number of hydrogen-bond donors (Lipinski definition) is 0. The highest BCUT2D eigenvalue weighted by Crippen LogP contribution is 2.29. The minimum absolute atomic E-state index is 0.0246. The standard InChI is InChI=1S/C21H22N2O3S/c1-13-7-6-8-15(11-13)12-26-21(25)18-14(2)17-19(27-18)22-16-9-4-3-5-10-23(16)20(17)24/h6-8,11H,3-5,9-10,12H2,1-2H3. The van der Waals surface area contributed by atoms with Gasteiger partial charge in [0.1, 0.15) is 22.1 Å².